The fourth-order valence-electron chi connectivity index (χ4n) is 2.21. The van der Waals surface area contributed by atoms with Crippen LogP contribution in [0.5, 0.6) is 0 Å². The van der Waals surface area contributed by atoms with Gasteiger partial charge < -0.3 is 10.1 Å². The number of aryl methyl sites for hydroxylation is 2. The van der Waals surface area contributed by atoms with Gasteiger partial charge in [0.05, 0.1) is 17.8 Å². The molecule has 0 radical (unpaired) electrons. The minimum Gasteiger partial charge on any atom is -0.468 e. The molecular weight excluding hydrogens is 286 g/mol. The summed E-state index contributed by atoms with van der Waals surface area (Å²) in [5.41, 5.74) is 0.442. The average molecular weight is 313 g/mol. The van der Waals surface area contributed by atoms with Crippen molar-refractivity contribution in [3.8, 4) is 0 Å². The number of esters is 1. The van der Waals surface area contributed by atoms with E-state index in [1.807, 2.05) is 25.6 Å². The van der Waals surface area contributed by atoms with Gasteiger partial charge in [0.15, 0.2) is 0 Å². The van der Waals surface area contributed by atoms with E-state index in [0.29, 0.717) is 0 Å². The third-order valence-electron chi connectivity index (χ3n) is 3.43. The van der Waals surface area contributed by atoms with Crippen LogP contribution in [0.2, 0.25) is 0 Å². The smallest absolute Gasteiger partial charge is 0.325 e. The second-order valence-electron chi connectivity index (χ2n) is 5.45. The van der Waals surface area contributed by atoms with Gasteiger partial charge in [-0.2, -0.15) is 5.10 Å². The minimum absolute atomic E-state index is 0.183. The van der Waals surface area contributed by atoms with E-state index in [9.17, 15) is 4.79 Å². The van der Waals surface area contributed by atoms with Gasteiger partial charge in [0, 0.05) is 7.05 Å². The molecule has 0 saturated heterocycles. The van der Waals surface area contributed by atoms with Crippen LogP contribution >= 0.6 is 11.8 Å². The van der Waals surface area contributed by atoms with E-state index in [2.05, 4.69) is 23.4 Å². The highest BCUT2D eigenvalue weighted by atomic mass is 32.2. The van der Waals surface area contributed by atoms with Gasteiger partial charge in [-0.3, -0.25) is 9.48 Å². The zero-order chi connectivity index (χ0) is 15.9. The molecule has 1 rings (SSSR count). The monoisotopic (exact) mass is 313 g/mol. The lowest BCUT2D eigenvalue weighted by atomic mass is 9.96. The van der Waals surface area contributed by atoms with Crippen LogP contribution < -0.4 is 5.32 Å². The fraction of sp³-hybridized carbons (Fsp3) is 0.733. The van der Waals surface area contributed by atoms with Crippen molar-refractivity contribution < 1.29 is 9.53 Å². The maximum absolute atomic E-state index is 12.0. The largest absolute Gasteiger partial charge is 0.468 e. The van der Waals surface area contributed by atoms with E-state index in [4.69, 9.17) is 4.74 Å². The maximum Gasteiger partial charge on any atom is 0.325 e. The number of thioether (sulfide) groups is 1. The number of ether oxygens (including phenoxy) is 1. The van der Waals surface area contributed by atoms with Crippen molar-refractivity contribution in [1.82, 2.24) is 15.1 Å². The molecule has 6 heteroatoms. The van der Waals surface area contributed by atoms with Crippen molar-refractivity contribution in [2.45, 2.75) is 50.6 Å². The fourth-order valence-corrected chi connectivity index (χ4v) is 3.19. The lowest BCUT2D eigenvalue weighted by molar-refractivity contribution is -0.148. The molecule has 1 aromatic heterocycles. The number of carbonyl (C=O) groups is 1. The standard InChI is InChI=1S/C15H27N3O2S/c1-6-9-16-15(3,14(19)20-5)8-7-10-21-13-11-12(2)17-18(13)4/h11,16H,6-10H2,1-5H3. The van der Waals surface area contributed by atoms with Crippen molar-refractivity contribution in [3.63, 3.8) is 0 Å². The molecule has 0 amide bonds. The number of hydrogen-bond donors (Lipinski definition) is 1. The van der Waals surface area contributed by atoms with Crippen LogP contribution in [0.4, 0.5) is 0 Å². The normalized spacial score (nSPS) is 14.0. The van der Waals surface area contributed by atoms with Crippen molar-refractivity contribution in [1.29, 1.82) is 0 Å². The first-order chi connectivity index (χ1) is 9.92. The van der Waals surface area contributed by atoms with Gasteiger partial charge in [-0.25, -0.2) is 0 Å². The minimum atomic E-state index is -0.590. The highest BCUT2D eigenvalue weighted by molar-refractivity contribution is 7.99. The third-order valence-corrected chi connectivity index (χ3v) is 4.60. The average Bonchev–Trinajstić information content (AvgIpc) is 2.78. The van der Waals surface area contributed by atoms with Crippen LogP contribution in [0.3, 0.4) is 0 Å². The summed E-state index contributed by atoms with van der Waals surface area (Å²) < 4.78 is 6.83. The quantitative estimate of drug-likeness (QED) is 0.431. The summed E-state index contributed by atoms with van der Waals surface area (Å²) in [6, 6.07) is 2.08. The molecule has 0 aliphatic carbocycles. The van der Waals surface area contributed by atoms with Crippen LogP contribution in [0, 0.1) is 6.92 Å². The summed E-state index contributed by atoms with van der Waals surface area (Å²) in [5, 5.41) is 8.80. The van der Waals surface area contributed by atoms with Crippen molar-refractivity contribution in [3.05, 3.63) is 11.8 Å². The van der Waals surface area contributed by atoms with Crippen LogP contribution in [0.1, 0.15) is 38.8 Å². The number of nitrogens with zero attached hydrogens (tertiary/aromatic N) is 2. The van der Waals surface area contributed by atoms with E-state index < -0.39 is 5.54 Å². The molecule has 5 nitrogen and oxygen atoms in total. The summed E-state index contributed by atoms with van der Waals surface area (Å²) in [6.07, 6.45) is 2.70. The highest BCUT2D eigenvalue weighted by Gasteiger charge is 2.32. The van der Waals surface area contributed by atoms with E-state index in [0.717, 1.165) is 42.3 Å². The number of nitrogens with one attached hydrogen (secondary N) is 1. The summed E-state index contributed by atoms with van der Waals surface area (Å²) >= 11 is 1.77. The van der Waals surface area contributed by atoms with Gasteiger partial charge in [0.25, 0.3) is 0 Å². The predicted octanol–water partition coefficient (Wildman–Crippen LogP) is 2.53. The van der Waals surface area contributed by atoms with Crippen LogP contribution in [-0.4, -0.2) is 40.7 Å². The summed E-state index contributed by atoms with van der Waals surface area (Å²) in [5.74, 6) is 0.775. The Balaban J connectivity index is 2.46. The van der Waals surface area contributed by atoms with Gasteiger partial charge in [-0.05, 0) is 51.5 Å². The number of aromatic nitrogens is 2. The molecule has 0 spiro atoms. The molecule has 0 aromatic carbocycles. The van der Waals surface area contributed by atoms with E-state index in [-0.39, 0.29) is 5.97 Å². The molecule has 0 aliphatic rings. The Labute approximate surface area is 131 Å². The molecular formula is C15H27N3O2S. The molecule has 0 aliphatic heterocycles. The Morgan fingerprint density at radius 3 is 2.81 bits per heavy atom. The van der Waals surface area contributed by atoms with Crippen LogP contribution in [0.25, 0.3) is 0 Å². The second-order valence-corrected chi connectivity index (χ2v) is 6.57. The number of methoxy groups -OCH3 is 1. The van der Waals surface area contributed by atoms with Crippen LogP contribution in [-0.2, 0) is 16.6 Å². The van der Waals surface area contributed by atoms with E-state index in [1.165, 1.54) is 7.11 Å². The zero-order valence-corrected chi connectivity index (χ0v) is 14.5. The Bertz CT molecular complexity index is 462. The van der Waals surface area contributed by atoms with Gasteiger partial charge in [0.2, 0.25) is 0 Å². The first-order valence-corrected chi connectivity index (χ1v) is 8.38. The van der Waals surface area contributed by atoms with Crippen molar-refractivity contribution in [2.24, 2.45) is 7.05 Å². The van der Waals surface area contributed by atoms with E-state index >= 15 is 0 Å². The van der Waals surface area contributed by atoms with Crippen LogP contribution in [0.15, 0.2) is 11.1 Å². The lowest BCUT2D eigenvalue weighted by Crippen LogP contribution is -2.50. The summed E-state index contributed by atoms with van der Waals surface area (Å²) in [4.78, 5) is 12.0. The first kappa shape index (κ1) is 18.0. The van der Waals surface area contributed by atoms with Crippen molar-refractivity contribution in [2.75, 3.05) is 19.4 Å². The summed E-state index contributed by atoms with van der Waals surface area (Å²) in [7, 11) is 3.40. The molecule has 1 heterocycles. The number of hydrogen-bond acceptors (Lipinski definition) is 5. The van der Waals surface area contributed by atoms with Gasteiger partial charge >= 0.3 is 5.97 Å². The molecule has 0 saturated carbocycles. The zero-order valence-electron chi connectivity index (χ0n) is 13.7. The first-order valence-electron chi connectivity index (χ1n) is 7.40. The molecule has 21 heavy (non-hydrogen) atoms. The van der Waals surface area contributed by atoms with Crippen molar-refractivity contribution >= 4 is 17.7 Å². The number of carbonyl (C=O) groups excluding carboxylic acids is 1. The Morgan fingerprint density at radius 1 is 1.57 bits per heavy atom. The molecule has 1 aromatic rings. The predicted molar refractivity (Wildman–Crippen MR) is 86.6 cm³/mol. The Kier molecular flexibility index (Phi) is 7.25. The second kappa shape index (κ2) is 8.44. The number of rotatable bonds is 9. The highest BCUT2D eigenvalue weighted by Crippen LogP contribution is 2.22. The SMILES string of the molecule is CCCNC(C)(CCCSc1cc(C)nn1C)C(=O)OC. The lowest BCUT2D eigenvalue weighted by Gasteiger charge is -2.27. The molecule has 1 N–H and O–H groups in total. The molecule has 1 atom stereocenters. The molecule has 1 unspecified atom stereocenters. The molecule has 0 fully saturated rings. The Morgan fingerprint density at radius 2 is 2.29 bits per heavy atom. The molecule has 120 valence electrons. The van der Waals surface area contributed by atoms with Gasteiger partial charge in [0.1, 0.15) is 5.54 Å². The molecule has 0 bridgehead atoms. The van der Waals surface area contributed by atoms with E-state index in [1.54, 1.807) is 11.8 Å². The van der Waals surface area contributed by atoms with Gasteiger partial charge in [-0.1, -0.05) is 6.92 Å². The van der Waals surface area contributed by atoms with Gasteiger partial charge in [-0.15, -0.1) is 11.8 Å². The summed E-state index contributed by atoms with van der Waals surface area (Å²) in [6.45, 7) is 6.82. The topological polar surface area (TPSA) is 56.2 Å². The maximum atomic E-state index is 12.0. The Hall–Kier alpha value is -1.01. The third kappa shape index (κ3) is 5.36.